The lowest BCUT2D eigenvalue weighted by atomic mass is 9.96. The van der Waals surface area contributed by atoms with Crippen LogP contribution in [0, 0.1) is 0 Å². The summed E-state index contributed by atoms with van der Waals surface area (Å²) >= 11 is 0. The number of amides is 1. The van der Waals surface area contributed by atoms with Crippen molar-refractivity contribution in [3.8, 4) is 0 Å². The Labute approximate surface area is 129 Å². The highest BCUT2D eigenvalue weighted by molar-refractivity contribution is 5.94. The fourth-order valence-electron chi connectivity index (χ4n) is 2.79. The molecule has 0 saturated heterocycles. The van der Waals surface area contributed by atoms with Gasteiger partial charge in [0.2, 0.25) is 0 Å². The Bertz CT molecular complexity index is 653. The maximum Gasteiger partial charge on any atom is 0.276 e. The fourth-order valence-corrected chi connectivity index (χ4v) is 2.79. The summed E-state index contributed by atoms with van der Waals surface area (Å²) in [6, 6.07) is 0.0140. The molecule has 22 heavy (non-hydrogen) atoms. The third kappa shape index (κ3) is 2.86. The van der Waals surface area contributed by atoms with Crippen molar-refractivity contribution in [2.75, 3.05) is 7.05 Å². The van der Waals surface area contributed by atoms with Crippen LogP contribution in [0.15, 0.2) is 23.1 Å². The molecule has 116 valence electrons. The van der Waals surface area contributed by atoms with Crippen LogP contribution in [0.3, 0.4) is 0 Å². The molecular formula is C16H20N4O2. The number of nitrogens with zero attached hydrogens (tertiary/aromatic N) is 4. The zero-order valence-corrected chi connectivity index (χ0v) is 13.0. The normalized spacial score (nSPS) is 15.2. The minimum absolute atomic E-state index is 0.0140. The molecule has 0 bridgehead atoms. The van der Waals surface area contributed by atoms with Gasteiger partial charge in [0.05, 0.1) is 5.69 Å². The lowest BCUT2D eigenvalue weighted by Crippen LogP contribution is -2.37. The average molecular weight is 300 g/mol. The van der Waals surface area contributed by atoms with E-state index in [9.17, 15) is 4.79 Å². The number of aryl methyl sites for hydroxylation is 1. The molecule has 0 spiro atoms. The first-order chi connectivity index (χ1) is 10.7. The van der Waals surface area contributed by atoms with E-state index in [4.69, 9.17) is 4.52 Å². The maximum atomic E-state index is 12.7. The second-order valence-corrected chi connectivity index (χ2v) is 5.81. The predicted molar refractivity (Wildman–Crippen MR) is 80.4 cm³/mol. The number of rotatable bonds is 4. The Morgan fingerprint density at radius 1 is 1.36 bits per heavy atom. The lowest BCUT2D eigenvalue weighted by molar-refractivity contribution is 0.0731. The third-order valence-electron chi connectivity index (χ3n) is 4.26. The molecule has 0 fully saturated rings. The lowest BCUT2D eigenvalue weighted by Gasteiger charge is -2.24. The van der Waals surface area contributed by atoms with E-state index in [0.29, 0.717) is 12.1 Å². The van der Waals surface area contributed by atoms with Crippen LogP contribution in [0.2, 0.25) is 0 Å². The largest absolute Gasteiger partial charge is 0.360 e. The molecule has 1 amide bonds. The SMILES string of the molecule is C[C@H](Cc1cnccn1)N(C)C(=O)c1noc2c1CCCC2. The van der Waals surface area contributed by atoms with Gasteiger partial charge in [-0.1, -0.05) is 5.16 Å². The van der Waals surface area contributed by atoms with Gasteiger partial charge in [0.1, 0.15) is 5.76 Å². The first-order valence-corrected chi connectivity index (χ1v) is 7.66. The third-order valence-corrected chi connectivity index (χ3v) is 4.26. The quantitative estimate of drug-likeness (QED) is 0.864. The fraction of sp³-hybridized carbons (Fsp3) is 0.500. The molecule has 0 radical (unpaired) electrons. The van der Waals surface area contributed by atoms with E-state index >= 15 is 0 Å². The molecule has 1 aliphatic carbocycles. The highest BCUT2D eigenvalue weighted by atomic mass is 16.5. The van der Waals surface area contributed by atoms with Gasteiger partial charge in [-0.3, -0.25) is 14.8 Å². The molecule has 2 heterocycles. The minimum atomic E-state index is -0.0803. The highest BCUT2D eigenvalue weighted by Gasteiger charge is 2.27. The van der Waals surface area contributed by atoms with Crippen LogP contribution in [0.4, 0.5) is 0 Å². The number of carbonyl (C=O) groups is 1. The van der Waals surface area contributed by atoms with Gasteiger partial charge in [-0.25, -0.2) is 0 Å². The van der Waals surface area contributed by atoms with Crippen molar-refractivity contribution in [1.82, 2.24) is 20.0 Å². The topological polar surface area (TPSA) is 72.1 Å². The molecule has 1 atom stereocenters. The minimum Gasteiger partial charge on any atom is -0.360 e. The average Bonchev–Trinajstić information content (AvgIpc) is 2.98. The van der Waals surface area contributed by atoms with Crippen LogP contribution >= 0.6 is 0 Å². The van der Waals surface area contributed by atoms with Crippen LogP contribution in [0.5, 0.6) is 0 Å². The summed E-state index contributed by atoms with van der Waals surface area (Å²) in [7, 11) is 1.80. The molecule has 6 nitrogen and oxygen atoms in total. The molecule has 0 unspecified atom stereocenters. The molecule has 6 heteroatoms. The molecule has 3 rings (SSSR count). The van der Waals surface area contributed by atoms with E-state index in [-0.39, 0.29) is 11.9 Å². The van der Waals surface area contributed by atoms with Gasteiger partial charge in [0.25, 0.3) is 5.91 Å². The Balaban J connectivity index is 1.72. The number of hydrogen-bond acceptors (Lipinski definition) is 5. The van der Waals surface area contributed by atoms with Gasteiger partial charge in [0.15, 0.2) is 5.69 Å². The number of carbonyl (C=O) groups excluding carboxylic acids is 1. The van der Waals surface area contributed by atoms with E-state index in [1.54, 1.807) is 30.5 Å². The Morgan fingerprint density at radius 3 is 2.95 bits per heavy atom. The van der Waals surface area contributed by atoms with Crippen LogP contribution in [-0.2, 0) is 19.3 Å². The first kappa shape index (κ1) is 14.7. The first-order valence-electron chi connectivity index (χ1n) is 7.66. The van der Waals surface area contributed by atoms with Crippen molar-refractivity contribution < 1.29 is 9.32 Å². The van der Waals surface area contributed by atoms with Crippen LogP contribution in [0.1, 0.15) is 47.3 Å². The Morgan fingerprint density at radius 2 is 2.18 bits per heavy atom. The predicted octanol–water partition coefficient (Wildman–Crippen LogP) is 2.05. The van der Waals surface area contributed by atoms with Gasteiger partial charge in [0, 0.05) is 50.1 Å². The smallest absolute Gasteiger partial charge is 0.276 e. The van der Waals surface area contributed by atoms with Crippen LogP contribution in [0.25, 0.3) is 0 Å². The summed E-state index contributed by atoms with van der Waals surface area (Å²) in [5, 5.41) is 4.01. The number of likely N-dealkylation sites (N-methyl/N-ethyl adjacent to an activating group) is 1. The van der Waals surface area contributed by atoms with Crippen molar-refractivity contribution in [3.05, 3.63) is 41.3 Å². The molecule has 1 aliphatic rings. The number of hydrogen-bond donors (Lipinski definition) is 0. The number of fused-ring (bicyclic) bond motifs is 1. The van der Waals surface area contributed by atoms with Gasteiger partial charge < -0.3 is 9.42 Å². The second kappa shape index (κ2) is 6.25. The van der Waals surface area contributed by atoms with Gasteiger partial charge in [-0.05, 0) is 26.2 Å². The summed E-state index contributed by atoms with van der Waals surface area (Å²) in [5.41, 5.74) is 2.34. The van der Waals surface area contributed by atoms with E-state index in [1.165, 1.54) is 0 Å². The molecule has 0 aromatic carbocycles. The molecule has 0 aliphatic heterocycles. The molecule has 2 aromatic rings. The molecule has 0 N–H and O–H groups in total. The van der Waals surface area contributed by atoms with Gasteiger partial charge >= 0.3 is 0 Å². The summed E-state index contributed by atoms with van der Waals surface area (Å²) in [4.78, 5) is 22.7. The zero-order chi connectivity index (χ0) is 15.5. The highest BCUT2D eigenvalue weighted by Crippen LogP contribution is 2.25. The van der Waals surface area contributed by atoms with Crippen LogP contribution < -0.4 is 0 Å². The molecular weight excluding hydrogens is 280 g/mol. The zero-order valence-electron chi connectivity index (χ0n) is 13.0. The summed E-state index contributed by atoms with van der Waals surface area (Å²) in [5.74, 6) is 0.799. The van der Waals surface area contributed by atoms with E-state index < -0.39 is 0 Å². The van der Waals surface area contributed by atoms with Crippen molar-refractivity contribution in [2.24, 2.45) is 0 Å². The van der Waals surface area contributed by atoms with Crippen molar-refractivity contribution >= 4 is 5.91 Å². The second-order valence-electron chi connectivity index (χ2n) is 5.81. The maximum absolute atomic E-state index is 12.7. The summed E-state index contributed by atoms with van der Waals surface area (Å²) in [6.45, 7) is 2.00. The van der Waals surface area contributed by atoms with Crippen molar-refractivity contribution in [1.29, 1.82) is 0 Å². The van der Waals surface area contributed by atoms with E-state index in [2.05, 4.69) is 15.1 Å². The van der Waals surface area contributed by atoms with Crippen molar-refractivity contribution in [3.63, 3.8) is 0 Å². The van der Waals surface area contributed by atoms with E-state index in [0.717, 1.165) is 42.7 Å². The summed E-state index contributed by atoms with van der Waals surface area (Å²) < 4.78 is 5.34. The Kier molecular flexibility index (Phi) is 4.18. The van der Waals surface area contributed by atoms with Crippen molar-refractivity contribution in [2.45, 2.75) is 45.1 Å². The summed E-state index contributed by atoms with van der Waals surface area (Å²) in [6.07, 6.45) is 9.66. The molecule has 0 saturated carbocycles. The monoisotopic (exact) mass is 300 g/mol. The molecule has 2 aromatic heterocycles. The van der Waals surface area contributed by atoms with E-state index in [1.807, 2.05) is 6.92 Å². The van der Waals surface area contributed by atoms with Gasteiger partial charge in [-0.2, -0.15) is 0 Å². The standard InChI is InChI=1S/C16H20N4O2/c1-11(9-12-10-17-7-8-18-12)20(2)16(21)15-13-5-3-4-6-14(13)22-19-15/h7-8,10-11H,3-6,9H2,1-2H3/t11-/m1/s1. The Hall–Kier alpha value is -2.24. The van der Waals surface area contributed by atoms with Gasteiger partial charge in [-0.15, -0.1) is 0 Å². The number of aromatic nitrogens is 3. The van der Waals surface area contributed by atoms with Crippen LogP contribution in [-0.4, -0.2) is 39.0 Å².